The smallest absolute Gasteiger partial charge is 0.196 e. The number of aliphatic hydroxyl groups is 1. The van der Waals surface area contributed by atoms with Crippen molar-refractivity contribution in [1.82, 2.24) is 0 Å². The van der Waals surface area contributed by atoms with Crippen LogP contribution in [-0.4, -0.2) is 16.9 Å². The summed E-state index contributed by atoms with van der Waals surface area (Å²) in [5.74, 6) is -0.848. The van der Waals surface area contributed by atoms with Crippen LogP contribution in [0.4, 0.5) is 15.8 Å². The Kier molecular flexibility index (Phi) is 5.99. The van der Waals surface area contributed by atoms with Crippen LogP contribution in [0.3, 0.4) is 0 Å². The van der Waals surface area contributed by atoms with Crippen molar-refractivity contribution >= 4 is 40.4 Å². The Hall–Kier alpha value is -2.86. The molecule has 1 aliphatic rings. The molecular formula is C25H21Cl2FN2O2. The number of Topliss-reactive ketones (excluding diaryl/α,β-unsaturated/α-hetero) is 1. The van der Waals surface area contributed by atoms with Crippen molar-refractivity contribution in [3.05, 3.63) is 105 Å². The number of halogens is 3. The fraction of sp³-hybridized carbons (Fsp3) is 0.160. The highest BCUT2D eigenvalue weighted by Gasteiger charge is 2.55. The van der Waals surface area contributed by atoms with Gasteiger partial charge < -0.3 is 15.3 Å². The molecule has 4 rings (SSSR count). The third kappa shape index (κ3) is 3.77. The van der Waals surface area contributed by atoms with Crippen LogP contribution in [0.1, 0.15) is 19.4 Å². The van der Waals surface area contributed by atoms with E-state index in [0.29, 0.717) is 32.7 Å². The molecule has 0 radical (unpaired) electrons. The van der Waals surface area contributed by atoms with Crippen LogP contribution in [0.25, 0.3) is 0 Å². The second kappa shape index (κ2) is 8.58. The molecule has 32 heavy (non-hydrogen) atoms. The zero-order valence-corrected chi connectivity index (χ0v) is 19.0. The Balaban J connectivity index is 1.98. The molecular weight excluding hydrogens is 450 g/mol. The van der Waals surface area contributed by atoms with Gasteiger partial charge >= 0.3 is 0 Å². The molecule has 7 heteroatoms. The van der Waals surface area contributed by atoms with Gasteiger partial charge in [-0.3, -0.25) is 4.79 Å². The van der Waals surface area contributed by atoms with Gasteiger partial charge in [-0.05, 0) is 56.3 Å². The standard InChI is InChI=1S/C25H21Cl2FN2O2/c1-15-23(16(2)31)24(29-19-9-5-7-17(26)13-19)25(32,21-11-3-4-12-22(21)28)30(15)20-10-6-8-18(27)14-20/h3-14,24,29,32H,1-2H3. The predicted molar refractivity (Wildman–Crippen MR) is 126 cm³/mol. The maximum absolute atomic E-state index is 15.1. The lowest BCUT2D eigenvalue weighted by atomic mass is 9.89. The van der Waals surface area contributed by atoms with Crippen LogP contribution in [0, 0.1) is 5.82 Å². The summed E-state index contributed by atoms with van der Waals surface area (Å²) in [6, 6.07) is 18.8. The van der Waals surface area contributed by atoms with Crippen molar-refractivity contribution in [3.8, 4) is 0 Å². The number of anilines is 2. The van der Waals surface area contributed by atoms with E-state index in [-0.39, 0.29) is 11.3 Å². The molecule has 164 valence electrons. The van der Waals surface area contributed by atoms with E-state index >= 15 is 4.39 Å². The van der Waals surface area contributed by atoms with E-state index in [2.05, 4.69) is 5.32 Å². The molecule has 2 unspecified atom stereocenters. The number of hydrogen-bond donors (Lipinski definition) is 2. The number of carbonyl (C=O) groups excluding carboxylic acids is 1. The summed E-state index contributed by atoms with van der Waals surface area (Å²) in [5.41, 5.74) is -0.0221. The molecule has 0 saturated carbocycles. The van der Waals surface area contributed by atoms with Crippen molar-refractivity contribution < 1.29 is 14.3 Å². The van der Waals surface area contributed by atoms with Crippen LogP contribution >= 0.6 is 23.2 Å². The topological polar surface area (TPSA) is 52.6 Å². The highest BCUT2D eigenvalue weighted by Crippen LogP contribution is 2.48. The first-order valence-electron chi connectivity index (χ1n) is 10.0. The Labute approximate surface area is 195 Å². The lowest BCUT2D eigenvalue weighted by Crippen LogP contribution is -2.53. The van der Waals surface area contributed by atoms with Gasteiger partial charge in [0, 0.05) is 38.3 Å². The number of allylic oxidation sites excluding steroid dienone is 1. The lowest BCUT2D eigenvalue weighted by molar-refractivity contribution is -0.114. The number of carbonyl (C=O) groups is 1. The van der Waals surface area contributed by atoms with E-state index in [1.54, 1.807) is 72.5 Å². The first-order valence-corrected chi connectivity index (χ1v) is 10.8. The van der Waals surface area contributed by atoms with Crippen molar-refractivity contribution in [1.29, 1.82) is 0 Å². The number of nitrogens with one attached hydrogen (secondary N) is 1. The van der Waals surface area contributed by atoms with Gasteiger partial charge in [-0.1, -0.05) is 53.5 Å². The third-order valence-corrected chi connectivity index (χ3v) is 6.08. The minimum Gasteiger partial charge on any atom is -0.373 e. The van der Waals surface area contributed by atoms with Crippen LogP contribution < -0.4 is 10.2 Å². The minimum absolute atomic E-state index is 0.0232. The number of ketones is 1. The summed E-state index contributed by atoms with van der Waals surface area (Å²) in [5, 5.41) is 16.4. The van der Waals surface area contributed by atoms with Gasteiger partial charge in [0.25, 0.3) is 0 Å². The summed E-state index contributed by atoms with van der Waals surface area (Å²) in [6.07, 6.45) is 0. The SMILES string of the molecule is CC(=O)C1=C(C)N(c2cccc(Cl)c2)C(O)(c2ccccc2F)C1Nc1cccc(Cl)c1. The van der Waals surface area contributed by atoms with Crippen molar-refractivity contribution in [2.24, 2.45) is 0 Å². The van der Waals surface area contributed by atoms with Gasteiger partial charge in [-0.25, -0.2) is 4.39 Å². The molecule has 0 amide bonds. The van der Waals surface area contributed by atoms with Gasteiger partial charge in [-0.15, -0.1) is 0 Å². The maximum Gasteiger partial charge on any atom is 0.196 e. The Morgan fingerprint density at radius 2 is 1.69 bits per heavy atom. The molecule has 2 N–H and O–H groups in total. The molecule has 3 aromatic rings. The van der Waals surface area contributed by atoms with E-state index in [0.717, 1.165) is 0 Å². The molecule has 2 atom stereocenters. The maximum atomic E-state index is 15.1. The average Bonchev–Trinajstić information content (AvgIpc) is 2.95. The van der Waals surface area contributed by atoms with Crippen molar-refractivity contribution in [2.45, 2.75) is 25.6 Å². The Morgan fingerprint density at radius 3 is 2.31 bits per heavy atom. The Morgan fingerprint density at radius 1 is 1.03 bits per heavy atom. The summed E-state index contributed by atoms with van der Waals surface area (Å²) in [7, 11) is 0. The predicted octanol–water partition coefficient (Wildman–Crippen LogP) is 6.14. The number of rotatable bonds is 5. The monoisotopic (exact) mass is 470 g/mol. The normalized spacial score (nSPS) is 20.6. The molecule has 3 aromatic carbocycles. The minimum atomic E-state index is -1.97. The fourth-order valence-electron chi connectivity index (χ4n) is 4.33. The van der Waals surface area contributed by atoms with Crippen LogP contribution in [-0.2, 0) is 10.5 Å². The van der Waals surface area contributed by atoms with Gasteiger partial charge in [0.2, 0.25) is 0 Å². The third-order valence-electron chi connectivity index (χ3n) is 5.61. The zero-order valence-electron chi connectivity index (χ0n) is 17.4. The van der Waals surface area contributed by atoms with E-state index in [9.17, 15) is 9.90 Å². The molecule has 0 aromatic heterocycles. The second-order valence-electron chi connectivity index (χ2n) is 7.66. The molecule has 0 bridgehead atoms. The second-order valence-corrected chi connectivity index (χ2v) is 8.54. The first kappa shape index (κ1) is 22.3. The van der Waals surface area contributed by atoms with E-state index in [4.69, 9.17) is 23.2 Å². The fourth-order valence-corrected chi connectivity index (χ4v) is 4.71. The molecule has 1 heterocycles. The number of hydrogen-bond acceptors (Lipinski definition) is 4. The molecule has 0 saturated heterocycles. The number of benzene rings is 3. The summed E-state index contributed by atoms with van der Waals surface area (Å²) in [6.45, 7) is 3.15. The average molecular weight is 471 g/mol. The van der Waals surface area contributed by atoms with Gasteiger partial charge in [0.15, 0.2) is 11.5 Å². The van der Waals surface area contributed by atoms with Crippen molar-refractivity contribution in [3.63, 3.8) is 0 Å². The first-order chi connectivity index (χ1) is 15.2. The quantitative estimate of drug-likeness (QED) is 0.469. The molecule has 0 aliphatic carbocycles. The Bertz CT molecular complexity index is 1230. The number of nitrogens with zero attached hydrogens (tertiary/aromatic N) is 1. The highest BCUT2D eigenvalue weighted by atomic mass is 35.5. The van der Waals surface area contributed by atoms with E-state index in [1.807, 2.05) is 0 Å². The van der Waals surface area contributed by atoms with Crippen molar-refractivity contribution in [2.75, 3.05) is 10.2 Å². The molecule has 0 spiro atoms. The zero-order chi connectivity index (χ0) is 23.0. The largest absolute Gasteiger partial charge is 0.373 e. The van der Waals surface area contributed by atoms with E-state index in [1.165, 1.54) is 19.1 Å². The lowest BCUT2D eigenvalue weighted by Gasteiger charge is -2.41. The van der Waals surface area contributed by atoms with Crippen LogP contribution in [0.5, 0.6) is 0 Å². The van der Waals surface area contributed by atoms with Gasteiger partial charge in [0.05, 0.1) is 0 Å². The molecule has 4 nitrogen and oxygen atoms in total. The summed E-state index contributed by atoms with van der Waals surface area (Å²) < 4.78 is 15.1. The van der Waals surface area contributed by atoms with Gasteiger partial charge in [-0.2, -0.15) is 0 Å². The summed E-state index contributed by atoms with van der Waals surface area (Å²) >= 11 is 12.4. The molecule has 0 fully saturated rings. The molecule has 1 aliphatic heterocycles. The highest BCUT2D eigenvalue weighted by molar-refractivity contribution is 6.31. The van der Waals surface area contributed by atoms with Crippen LogP contribution in [0.15, 0.2) is 84.1 Å². The summed E-state index contributed by atoms with van der Waals surface area (Å²) in [4.78, 5) is 14.3. The van der Waals surface area contributed by atoms with E-state index < -0.39 is 17.6 Å². The van der Waals surface area contributed by atoms with Crippen LogP contribution in [0.2, 0.25) is 10.0 Å². The van der Waals surface area contributed by atoms with Gasteiger partial charge in [0.1, 0.15) is 11.9 Å².